The zero-order valence-corrected chi connectivity index (χ0v) is 12.8. The summed E-state index contributed by atoms with van der Waals surface area (Å²) in [7, 11) is 0. The molecule has 5 nitrogen and oxygen atoms in total. The molecule has 0 aliphatic carbocycles. The average Bonchev–Trinajstić information content (AvgIpc) is 2.23. The second-order valence-electron chi connectivity index (χ2n) is 6.27. The number of amides is 2. The van der Waals surface area contributed by atoms with Gasteiger partial charge in [0, 0.05) is 12.1 Å². The van der Waals surface area contributed by atoms with E-state index in [1.807, 2.05) is 20.8 Å². The molecule has 0 aromatic rings. The first-order valence-electron chi connectivity index (χ1n) is 6.92. The Morgan fingerprint density at radius 3 is 2.21 bits per heavy atom. The summed E-state index contributed by atoms with van der Waals surface area (Å²) < 4.78 is 0. The number of carbonyl (C=O) groups is 2. The van der Waals surface area contributed by atoms with Crippen molar-refractivity contribution < 1.29 is 14.7 Å². The van der Waals surface area contributed by atoms with E-state index >= 15 is 0 Å². The van der Waals surface area contributed by atoms with Crippen molar-refractivity contribution in [3.63, 3.8) is 0 Å². The lowest BCUT2D eigenvalue weighted by molar-refractivity contribution is -0.138. The Morgan fingerprint density at radius 2 is 1.79 bits per heavy atom. The van der Waals surface area contributed by atoms with Crippen LogP contribution in [-0.4, -0.2) is 40.6 Å². The number of nitrogens with zero attached hydrogens (tertiary/aromatic N) is 1. The van der Waals surface area contributed by atoms with Crippen LogP contribution in [0.15, 0.2) is 0 Å². The highest BCUT2D eigenvalue weighted by atomic mass is 16.4. The molecule has 0 fully saturated rings. The number of aliphatic carboxylic acids is 1. The van der Waals surface area contributed by atoms with Gasteiger partial charge >= 0.3 is 12.0 Å². The number of hydrogen-bond donors (Lipinski definition) is 2. The highest BCUT2D eigenvalue weighted by Crippen LogP contribution is 2.13. The fourth-order valence-corrected chi connectivity index (χ4v) is 1.72. The summed E-state index contributed by atoms with van der Waals surface area (Å²) >= 11 is 0. The summed E-state index contributed by atoms with van der Waals surface area (Å²) in [6.07, 6.45) is 3.15. The van der Waals surface area contributed by atoms with Gasteiger partial charge in [0.15, 0.2) is 0 Å². The fourth-order valence-electron chi connectivity index (χ4n) is 1.72. The molecule has 0 aromatic heterocycles. The van der Waals surface area contributed by atoms with Crippen LogP contribution in [0.1, 0.15) is 53.9 Å². The quantitative estimate of drug-likeness (QED) is 0.700. The van der Waals surface area contributed by atoms with Gasteiger partial charge in [-0.15, -0.1) is 0 Å². The summed E-state index contributed by atoms with van der Waals surface area (Å²) in [4.78, 5) is 24.1. The number of carbonyl (C=O) groups excluding carboxylic acids is 1. The maximum absolute atomic E-state index is 12.0. The van der Waals surface area contributed by atoms with Crippen LogP contribution in [0.25, 0.3) is 0 Å². The van der Waals surface area contributed by atoms with Gasteiger partial charge in [-0.2, -0.15) is 0 Å². The van der Waals surface area contributed by atoms with Crippen molar-refractivity contribution in [2.45, 2.75) is 59.4 Å². The van der Waals surface area contributed by atoms with Gasteiger partial charge in [-0.3, -0.25) is 4.79 Å². The molecule has 0 atom stereocenters. The molecular formula is C14H28N2O3. The lowest BCUT2D eigenvalue weighted by Crippen LogP contribution is -2.52. The second-order valence-corrected chi connectivity index (χ2v) is 6.27. The van der Waals surface area contributed by atoms with E-state index in [9.17, 15) is 9.59 Å². The zero-order chi connectivity index (χ0) is 15.1. The summed E-state index contributed by atoms with van der Waals surface area (Å²) in [5.74, 6) is -0.321. The molecule has 0 heterocycles. The van der Waals surface area contributed by atoms with Crippen molar-refractivity contribution in [1.29, 1.82) is 0 Å². The third-order valence-electron chi connectivity index (χ3n) is 2.83. The molecule has 0 bridgehead atoms. The van der Waals surface area contributed by atoms with Crippen molar-refractivity contribution in [2.75, 3.05) is 13.1 Å². The minimum absolute atomic E-state index is 0.276. The normalized spacial score (nSPS) is 11.5. The molecule has 0 spiro atoms. The van der Waals surface area contributed by atoms with Crippen LogP contribution in [0, 0.1) is 5.92 Å². The van der Waals surface area contributed by atoms with Crippen LogP contribution in [0.5, 0.6) is 0 Å². The molecule has 0 radical (unpaired) electrons. The molecule has 2 N–H and O–H groups in total. The third-order valence-corrected chi connectivity index (χ3v) is 2.83. The SMILES string of the molecule is CC(C)CCCCNC(=O)N(CC(=O)O)C(C)(C)C. The Labute approximate surface area is 116 Å². The molecular weight excluding hydrogens is 244 g/mol. The van der Waals surface area contributed by atoms with E-state index in [0.717, 1.165) is 19.3 Å². The monoisotopic (exact) mass is 272 g/mol. The average molecular weight is 272 g/mol. The van der Waals surface area contributed by atoms with Crippen molar-refractivity contribution >= 4 is 12.0 Å². The van der Waals surface area contributed by atoms with Crippen LogP contribution in [0.4, 0.5) is 4.79 Å². The van der Waals surface area contributed by atoms with E-state index in [1.165, 1.54) is 4.90 Å². The van der Waals surface area contributed by atoms with Crippen LogP contribution in [0.2, 0.25) is 0 Å². The Bertz CT molecular complexity index is 296. The molecule has 0 aromatic carbocycles. The number of nitrogens with one attached hydrogen (secondary N) is 1. The highest BCUT2D eigenvalue weighted by Gasteiger charge is 2.27. The summed E-state index contributed by atoms with van der Waals surface area (Å²) in [6, 6.07) is -0.306. The van der Waals surface area contributed by atoms with Crippen LogP contribution >= 0.6 is 0 Å². The molecule has 0 unspecified atom stereocenters. The number of urea groups is 1. The number of unbranched alkanes of at least 4 members (excludes halogenated alkanes) is 1. The first-order chi connectivity index (χ1) is 8.64. The van der Waals surface area contributed by atoms with Crippen LogP contribution < -0.4 is 5.32 Å². The van der Waals surface area contributed by atoms with Gasteiger partial charge < -0.3 is 15.3 Å². The van der Waals surface area contributed by atoms with Gasteiger partial charge in [-0.25, -0.2) is 4.79 Å². The Balaban J connectivity index is 4.16. The zero-order valence-electron chi connectivity index (χ0n) is 12.8. The minimum atomic E-state index is -0.995. The van der Waals surface area contributed by atoms with Gasteiger partial charge in [0.25, 0.3) is 0 Å². The van der Waals surface area contributed by atoms with E-state index in [4.69, 9.17) is 5.11 Å². The van der Waals surface area contributed by atoms with E-state index in [1.54, 1.807) is 0 Å². The standard InChI is InChI=1S/C14H28N2O3/c1-11(2)8-6-7-9-15-13(19)16(10-12(17)18)14(3,4)5/h11H,6-10H2,1-5H3,(H,15,19)(H,17,18). The van der Waals surface area contributed by atoms with Gasteiger partial charge in [0.2, 0.25) is 0 Å². The molecule has 5 heteroatoms. The van der Waals surface area contributed by atoms with Gasteiger partial charge in [-0.05, 0) is 33.1 Å². The van der Waals surface area contributed by atoms with Crippen LogP contribution in [0.3, 0.4) is 0 Å². The van der Waals surface area contributed by atoms with E-state index in [-0.39, 0.29) is 12.6 Å². The molecule has 0 aliphatic rings. The maximum atomic E-state index is 12.0. The molecule has 2 amide bonds. The lowest BCUT2D eigenvalue weighted by Gasteiger charge is -2.34. The Kier molecular flexibility index (Phi) is 7.49. The Hall–Kier alpha value is -1.26. The topological polar surface area (TPSA) is 69.6 Å². The van der Waals surface area contributed by atoms with Crippen molar-refractivity contribution in [1.82, 2.24) is 10.2 Å². The van der Waals surface area contributed by atoms with Crippen molar-refractivity contribution in [3.05, 3.63) is 0 Å². The molecule has 0 aliphatic heterocycles. The molecule has 0 rings (SSSR count). The van der Waals surface area contributed by atoms with E-state index < -0.39 is 11.5 Å². The molecule has 19 heavy (non-hydrogen) atoms. The summed E-state index contributed by atoms with van der Waals surface area (Å²) in [5, 5.41) is 11.6. The van der Waals surface area contributed by atoms with Crippen LogP contribution in [-0.2, 0) is 4.79 Å². The summed E-state index contributed by atoms with van der Waals surface area (Å²) in [6.45, 7) is 10.1. The molecule has 0 saturated carbocycles. The largest absolute Gasteiger partial charge is 0.480 e. The maximum Gasteiger partial charge on any atom is 0.323 e. The predicted molar refractivity (Wildman–Crippen MR) is 76.2 cm³/mol. The number of hydrogen-bond acceptors (Lipinski definition) is 2. The second kappa shape index (κ2) is 8.02. The van der Waals surface area contributed by atoms with Gasteiger partial charge in [-0.1, -0.05) is 26.7 Å². The Morgan fingerprint density at radius 1 is 1.21 bits per heavy atom. The van der Waals surface area contributed by atoms with E-state index in [0.29, 0.717) is 12.5 Å². The number of rotatable bonds is 7. The highest BCUT2D eigenvalue weighted by molar-refractivity contribution is 5.80. The van der Waals surface area contributed by atoms with Crippen molar-refractivity contribution in [2.24, 2.45) is 5.92 Å². The number of carboxylic acids is 1. The fraction of sp³-hybridized carbons (Fsp3) is 0.857. The van der Waals surface area contributed by atoms with Gasteiger partial charge in [0.1, 0.15) is 6.54 Å². The lowest BCUT2D eigenvalue weighted by atomic mass is 10.1. The summed E-state index contributed by atoms with van der Waals surface area (Å²) in [5.41, 5.74) is -0.500. The minimum Gasteiger partial charge on any atom is -0.480 e. The number of carboxylic acid groups (broad SMARTS) is 1. The van der Waals surface area contributed by atoms with Gasteiger partial charge in [0.05, 0.1) is 0 Å². The smallest absolute Gasteiger partial charge is 0.323 e. The molecule has 0 saturated heterocycles. The first-order valence-corrected chi connectivity index (χ1v) is 6.92. The molecule has 112 valence electrons. The van der Waals surface area contributed by atoms with E-state index in [2.05, 4.69) is 19.2 Å². The predicted octanol–water partition coefficient (Wildman–Crippen LogP) is 2.71. The first kappa shape index (κ1) is 17.7. The third kappa shape index (κ3) is 8.46. The van der Waals surface area contributed by atoms with Crippen molar-refractivity contribution in [3.8, 4) is 0 Å².